The number of hydrogen-bond donors (Lipinski definition) is 1. The zero-order chi connectivity index (χ0) is 17.5. The minimum Gasteiger partial charge on any atom is -0.459 e. The predicted octanol–water partition coefficient (Wildman–Crippen LogP) is 1.23. The van der Waals surface area contributed by atoms with Crippen molar-refractivity contribution in [1.82, 2.24) is 9.88 Å². The van der Waals surface area contributed by atoms with E-state index in [1.165, 1.54) is 13.0 Å². The Morgan fingerprint density at radius 3 is 2.88 bits per heavy atom. The average Bonchev–Trinajstić information content (AvgIpc) is 2.47. The summed E-state index contributed by atoms with van der Waals surface area (Å²) in [5.41, 5.74) is -0.706. The Balaban J connectivity index is 1.90. The van der Waals surface area contributed by atoms with Crippen LogP contribution in [0.4, 0.5) is 0 Å². The van der Waals surface area contributed by atoms with Crippen molar-refractivity contribution in [3.8, 4) is 0 Å². The molecule has 0 aromatic carbocycles. The third-order valence-electron chi connectivity index (χ3n) is 4.93. The summed E-state index contributed by atoms with van der Waals surface area (Å²) in [6.45, 7) is 6.54. The van der Waals surface area contributed by atoms with E-state index in [2.05, 4.69) is 5.32 Å². The fourth-order valence-corrected chi connectivity index (χ4v) is 4.01. The van der Waals surface area contributed by atoms with Crippen LogP contribution in [-0.2, 0) is 20.9 Å². The number of rotatable bonds is 4. The van der Waals surface area contributed by atoms with Crippen LogP contribution in [0.5, 0.6) is 0 Å². The molecule has 1 aromatic heterocycles. The first-order valence-corrected chi connectivity index (χ1v) is 8.36. The monoisotopic (exact) mass is 332 g/mol. The molecule has 0 radical (unpaired) electrons. The largest absolute Gasteiger partial charge is 0.459 e. The van der Waals surface area contributed by atoms with Crippen LogP contribution in [0.1, 0.15) is 45.2 Å². The lowest BCUT2D eigenvalue weighted by molar-refractivity contribution is -0.174. The van der Waals surface area contributed by atoms with Gasteiger partial charge in [0, 0.05) is 43.7 Å². The lowest BCUT2D eigenvalue weighted by atomic mass is 9.72. The molecule has 0 amide bonds. The Kier molecular flexibility index (Phi) is 4.11. The van der Waals surface area contributed by atoms with Crippen molar-refractivity contribution in [1.29, 1.82) is 0 Å². The van der Waals surface area contributed by atoms with Crippen LogP contribution in [0.2, 0.25) is 0 Å². The minimum atomic E-state index is -0.841. The van der Waals surface area contributed by atoms with Crippen LogP contribution in [0, 0.1) is 5.41 Å². The van der Waals surface area contributed by atoms with E-state index in [0.717, 1.165) is 12.2 Å². The van der Waals surface area contributed by atoms with E-state index in [1.807, 2.05) is 6.07 Å². The molecule has 6 nitrogen and oxygen atoms in total. The Bertz CT molecular complexity index is 737. The molecular formula is C18H24N2O4. The van der Waals surface area contributed by atoms with E-state index in [4.69, 9.17) is 4.74 Å². The number of esters is 1. The molecule has 130 valence electrons. The summed E-state index contributed by atoms with van der Waals surface area (Å²) in [6, 6.07) is 5.24. The van der Waals surface area contributed by atoms with E-state index in [9.17, 15) is 14.4 Å². The van der Waals surface area contributed by atoms with Crippen molar-refractivity contribution < 1.29 is 14.3 Å². The maximum atomic E-state index is 13.0. The van der Waals surface area contributed by atoms with Crippen LogP contribution in [0.25, 0.3) is 0 Å². The molecule has 6 heteroatoms. The highest BCUT2D eigenvalue weighted by molar-refractivity contribution is 5.80. The molecule has 24 heavy (non-hydrogen) atoms. The highest BCUT2D eigenvalue weighted by Crippen LogP contribution is 2.42. The van der Waals surface area contributed by atoms with E-state index in [1.54, 1.807) is 24.5 Å². The number of fused-ring (bicyclic) bond motifs is 4. The molecule has 3 rings (SSSR count). The molecule has 0 saturated carbocycles. The Hall–Kier alpha value is -1.95. The first kappa shape index (κ1) is 16.9. The number of carbonyl (C=O) groups excluding carboxylic acids is 2. The number of aromatic nitrogens is 1. The van der Waals surface area contributed by atoms with Crippen LogP contribution in [0.3, 0.4) is 0 Å². The molecule has 3 heterocycles. The second-order valence-corrected chi connectivity index (χ2v) is 7.72. The summed E-state index contributed by atoms with van der Waals surface area (Å²) in [7, 11) is 0. The zero-order valence-electron chi connectivity index (χ0n) is 14.4. The van der Waals surface area contributed by atoms with Gasteiger partial charge in [-0.25, -0.2) is 0 Å². The van der Waals surface area contributed by atoms with E-state index in [0.29, 0.717) is 19.5 Å². The molecule has 2 aliphatic heterocycles. The molecular weight excluding hydrogens is 308 g/mol. The maximum Gasteiger partial charge on any atom is 0.315 e. The Labute approximate surface area is 141 Å². The first-order chi connectivity index (χ1) is 11.2. The Morgan fingerprint density at radius 2 is 2.17 bits per heavy atom. The lowest BCUT2D eigenvalue weighted by Gasteiger charge is -2.45. The summed E-state index contributed by atoms with van der Waals surface area (Å²) < 4.78 is 7.41. The predicted molar refractivity (Wildman–Crippen MR) is 88.8 cm³/mol. The van der Waals surface area contributed by atoms with Gasteiger partial charge in [-0.3, -0.25) is 14.4 Å². The summed E-state index contributed by atoms with van der Waals surface area (Å²) >= 11 is 0. The normalized spacial score (nSPS) is 25.7. The molecule has 1 saturated heterocycles. The third kappa shape index (κ3) is 3.02. The van der Waals surface area contributed by atoms with Gasteiger partial charge in [0.2, 0.25) is 0 Å². The van der Waals surface area contributed by atoms with E-state index < -0.39 is 11.0 Å². The highest BCUT2D eigenvalue weighted by Gasteiger charge is 2.50. The smallest absolute Gasteiger partial charge is 0.315 e. The van der Waals surface area contributed by atoms with Gasteiger partial charge >= 0.3 is 5.97 Å². The molecule has 2 atom stereocenters. The van der Waals surface area contributed by atoms with Gasteiger partial charge in [0.15, 0.2) is 0 Å². The van der Waals surface area contributed by atoms with E-state index in [-0.39, 0.29) is 29.7 Å². The average molecular weight is 332 g/mol. The van der Waals surface area contributed by atoms with Crippen molar-refractivity contribution >= 4 is 11.8 Å². The summed E-state index contributed by atoms with van der Waals surface area (Å²) in [5, 5.41) is 3.31. The minimum absolute atomic E-state index is 0.0184. The van der Waals surface area contributed by atoms with Gasteiger partial charge in [-0.15, -0.1) is 0 Å². The number of Topliss-reactive ketones (excluding diaryl/α,β-unsaturated/α-hetero) is 1. The number of nitrogens with one attached hydrogen (secondary N) is 1. The fourth-order valence-electron chi connectivity index (χ4n) is 4.01. The van der Waals surface area contributed by atoms with Gasteiger partial charge < -0.3 is 14.6 Å². The van der Waals surface area contributed by atoms with Gasteiger partial charge in [0.25, 0.3) is 5.56 Å². The SMILES string of the molecule is CC(=O)CC(C)(C)OC(=O)[C@@]12CNC[C@@H](C1)c1cccc(=O)n1C2. The summed E-state index contributed by atoms with van der Waals surface area (Å²) in [6.07, 6.45) is 0.848. The first-order valence-electron chi connectivity index (χ1n) is 8.36. The van der Waals surface area contributed by atoms with Crippen molar-refractivity contribution in [3.63, 3.8) is 0 Å². The van der Waals surface area contributed by atoms with Gasteiger partial charge in [0.05, 0.1) is 5.41 Å². The molecule has 2 bridgehead atoms. The van der Waals surface area contributed by atoms with Gasteiger partial charge in [-0.2, -0.15) is 0 Å². The number of piperidine rings is 1. The van der Waals surface area contributed by atoms with Gasteiger partial charge in [0.1, 0.15) is 11.4 Å². The van der Waals surface area contributed by atoms with Crippen LogP contribution >= 0.6 is 0 Å². The molecule has 1 N–H and O–H groups in total. The van der Waals surface area contributed by atoms with Crippen LogP contribution < -0.4 is 10.9 Å². The van der Waals surface area contributed by atoms with E-state index >= 15 is 0 Å². The van der Waals surface area contributed by atoms with Crippen molar-refractivity contribution in [2.24, 2.45) is 5.41 Å². The lowest BCUT2D eigenvalue weighted by Crippen LogP contribution is -2.57. The van der Waals surface area contributed by atoms with Crippen molar-refractivity contribution in [2.75, 3.05) is 13.1 Å². The number of ether oxygens (including phenoxy) is 1. The number of pyridine rings is 1. The molecule has 0 aliphatic carbocycles. The quantitative estimate of drug-likeness (QED) is 0.839. The molecule has 2 aliphatic rings. The standard InChI is InChI=1S/C18H24N2O4/c1-12(21)7-17(2,3)24-16(23)18-8-13(9-19-10-18)14-5-4-6-15(22)20(14)11-18/h4-6,13,19H,7-11H2,1-3H3/t13-,18-/m1/s1. The zero-order valence-corrected chi connectivity index (χ0v) is 14.4. The van der Waals surface area contributed by atoms with Crippen molar-refractivity contribution in [3.05, 3.63) is 34.2 Å². The van der Waals surface area contributed by atoms with Gasteiger partial charge in [-0.05, 0) is 33.3 Å². The Morgan fingerprint density at radius 1 is 1.42 bits per heavy atom. The number of hydrogen-bond acceptors (Lipinski definition) is 5. The molecule has 1 fully saturated rings. The molecule has 1 aromatic rings. The topological polar surface area (TPSA) is 77.4 Å². The number of nitrogens with zero attached hydrogens (tertiary/aromatic N) is 1. The fraction of sp³-hybridized carbons (Fsp3) is 0.611. The second-order valence-electron chi connectivity index (χ2n) is 7.72. The second kappa shape index (κ2) is 5.84. The third-order valence-corrected chi connectivity index (χ3v) is 4.93. The number of ketones is 1. The van der Waals surface area contributed by atoms with Gasteiger partial charge in [-0.1, -0.05) is 6.07 Å². The number of carbonyl (C=O) groups is 2. The molecule has 0 spiro atoms. The summed E-state index contributed by atoms with van der Waals surface area (Å²) in [4.78, 5) is 36.6. The van der Waals surface area contributed by atoms with Crippen molar-refractivity contribution in [2.45, 2.75) is 51.7 Å². The maximum absolute atomic E-state index is 13.0. The van der Waals surface area contributed by atoms with Crippen LogP contribution in [0.15, 0.2) is 23.0 Å². The molecule has 0 unspecified atom stereocenters. The van der Waals surface area contributed by atoms with Crippen LogP contribution in [-0.4, -0.2) is 35.0 Å². The highest BCUT2D eigenvalue weighted by atomic mass is 16.6. The summed E-state index contributed by atoms with van der Waals surface area (Å²) in [5.74, 6) is -0.229.